The van der Waals surface area contributed by atoms with Gasteiger partial charge in [-0.15, -0.1) is 0 Å². The average Bonchev–Trinajstić information content (AvgIpc) is 2.74. The van der Waals surface area contributed by atoms with Crippen molar-refractivity contribution in [3.05, 3.63) is 85.3 Å². The average molecular weight is 483 g/mol. The predicted molar refractivity (Wildman–Crippen MR) is 118 cm³/mol. The first-order valence-electron chi connectivity index (χ1n) is 9.76. The van der Waals surface area contributed by atoms with Crippen LogP contribution in [0.5, 0.6) is 0 Å². The summed E-state index contributed by atoms with van der Waals surface area (Å²) in [5.41, 5.74) is 3.02. The highest BCUT2D eigenvalue weighted by Gasteiger charge is 2.38. The van der Waals surface area contributed by atoms with Crippen LogP contribution in [0.2, 0.25) is 0 Å². The number of allylic oxidation sites excluding steroid dienone is 3. The number of aromatic nitrogens is 1. The zero-order valence-electron chi connectivity index (χ0n) is 16.6. The Bertz CT molecular complexity index is 1140. The van der Waals surface area contributed by atoms with Gasteiger partial charge in [0.1, 0.15) is 5.82 Å². The predicted octanol–water partition coefficient (Wildman–Crippen LogP) is 4.36. The maximum absolute atomic E-state index is 13.3. The molecule has 8 nitrogen and oxygen atoms in total. The Hall–Kier alpha value is -3.33. The van der Waals surface area contributed by atoms with E-state index in [0.29, 0.717) is 41.1 Å². The normalized spacial score (nSPS) is 18.4. The van der Waals surface area contributed by atoms with Crippen LogP contribution in [0.1, 0.15) is 37.7 Å². The summed E-state index contributed by atoms with van der Waals surface area (Å²) in [6.07, 6.45) is 3.45. The number of carbonyl (C=O) groups excluding carboxylic acids is 2. The van der Waals surface area contributed by atoms with Gasteiger partial charge in [-0.25, -0.2) is 4.98 Å². The fourth-order valence-electron chi connectivity index (χ4n) is 4.04. The number of pyridine rings is 1. The number of benzene rings is 1. The van der Waals surface area contributed by atoms with Crippen molar-refractivity contribution in [1.82, 2.24) is 10.3 Å². The quantitative estimate of drug-likeness (QED) is 0.494. The number of ketones is 1. The van der Waals surface area contributed by atoms with Gasteiger partial charge in [0.05, 0.1) is 4.92 Å². The summed E-state index contributed by atoms with van der Waals surface area (Å²) in [5.74, 6) is -0.629. The number of amides is 1. The minimum absolute atomic E-state index is 0.0170. The summed E-state index contributed by atoms with van der Waals surface area (Å²) < 4.78 is 0.784. The fraction of sp³-hybridized carbons (Fsp3) is 0.227. The Labute approximate surface area is 186 Å². The van der Waals surface area contributed by atoms with Crippen molar-refractivity contribution in [2.45, 2.75) is 32.1 Å². The molecule has 2 aliphatic rings. The molecule has 0 unspecified atom stereocenters. The number of carbonyl (C=O) groups is 2. The van der Waals surface area contributed by atoms with Crippen LogP contribution < -0.4 is 10.6 Å². The molecule has 2 heterocycles. The third kappa shape index (κ3) is 4.13. The summed E-state index contributed by atoms with van der Waals surface area (Å²) in [5, 5.41) is 17.1. The maximum atomic E-state index is 13.3. The van der Waals surface area contributed by atoms with Crippen molar-refractivity contribution in [3.8, 4) is 0 Å². The van der Waals surface area contributed by atoms with Gasteiger partial charge in [-0.2, -0.15) is 0 Å². The Morgan fingerprint density at radius 1 is 1.23 bits per heavy atom. The number of anilines is 1. The van der Waals surface area contributed by atoms with E-state index in [1.54, 1.807) is 37.4 Å². The van der Waals surface area contributed by atoms with Crippen molar-refractivity contribution in [3.63, 3.8) is 0 Å². The van der Waals surface area contributed by atoms with Crippen molar-refractivity contribution < 1.29 is 14.5 Å². The minimum Gasteiger partial charge on any atom is -0.362 e. The smallest absolute Gasteiger partial charge is 0.269 e. The molecular weight excluding hydrogens is 464 g/mol. The Kier molecular flexibility index (Phi) is 5.69. The van der Waals surface area contributed by atoms with Gasteiger partial charge in [-0.05, 0) is 53.4 Å². The third-order valence-corrected chi connectivity index (χ3v) is 5.90. The number of hydrogen-bond donors (Lipinski definition) is 2. The molecule has 0 saturated heterocycles. The lowest BCUT2D eigenvalue weighted by atomic mass is 9.75. The molecule has 158 valence electrons. The van der Waals surface area contributed by atoms with Crippen molar-refractivity contribution in [2.75, 3.05) is 5.32 Å². The van der Waals surface area contributed by atoms with E-state index in [9.17, 15) is 19.7 Å². The van der Waals surface area contributed by atoms with E-state index in [1.165, 1.54) is 12.1 Å². The van der Waals surface area contributed by atoms with Gasteiger partial charge in [-0.3, -0.25) is 19.7 Å². The summed E-state index contributed by atoms with van der Waals surface area (Å²) in [4.78, 5) is 41.0. The van der Waals surface area contributed by atoms with Crippen molar-refractivity contribution >= 4 is 39.1 Å². The summed E-state index contributed by atoms with van der Waals surface area (Å²) >= 11 is 3.31. The number of rotatable bonds is 4. The number of nitrogens with zero attached hydrogens (tertiary/aromatic N) is 2. The number of non-ortho nitro benzene ring substituents is 1. The zero-order chi connectivity index (χ0) is 22.1. The number of nitro benzene ring substituents is 1. The molecule has 31 heavy (non-hydrogen) atoms. The number of halogens is 1. The van der Waals surface area contributed by atoms with Crippen LogP contribution in [0.3, 0.4) is 0 Å². The van der Waals surface area contributed by atoms with Gasteiger partial charge in [0.15, 0.2) is 5.78 Å². The van der Waals surface area contributed by atoms with Crippen LogP contribution in [-0.2, 0) is 9.59 Å². The molecule has 2 aromatic rings. The first-order chi connectivity index (χ1) is 14.8. The SMILES string of the molecule is CC1=C(C(=O)Nc2ccc(Br)cn2)[C@H](c2ccc([N+](=O)[O-])cc2)C2=C(CCCC2=O)N1. The molecule has 1 aliphatic carbocycles. The second kappa shape index (κ2) is 8.43. The second-order valence-electron chi connectivity index (χ2n) is 7.43. The number of dihydropyridines is 1. The summed E-state index contributed by atoms with van der Waals surface area (Å²) in [6.45, 7) is 1.80. The molecule has 4 rings (SSSR count). The van der Waals surface area contributed by atoms with E-state index in [4.69, 9.17) is 0 Å². The molecular formula is C22H19BrN4O4. The molecule has 0 spiro atoms. The first kappa shape index (κ1) is 20.9. The van der Waals surface area contributed by atoms with Gasteiger partial charge in [0.25, 0.3) is 11.6 Å². The number of nitrogens with one attached hydrogen (secondary N) is 2. The highest BCUT2D eigenvalue weighted by atomic mass is 79.9. The number of Topliss-reactive ketones (excluding diaryl/α,β-unsaturated/α-hetero) is 1. The number of nitro groups is 1. The lowest BCUT2D eigenvalue weighted by molar-refractivity contribution is -0.384. The van der Waals surface area contributed by atoms with E-state index in [2.05, 4.69) is 31.5 Å². The highest BCUT2D eigenvalue weighted by Crippen LogP contribution is 2.42. The van der Waals surface area contributed by atoms with Gasteiger partial charge in [0.2, 0.25) is 0 Å². The van der Waals surface area contributed by atoms with Gasteiger partial charge in [-0.1, -0.05) is 12.1 Å². The van der Waals surface area contributed by atoms with E-state index in [-0.39, 0.29) is 17.4 Å². The van der Waals surface area contributed by atoms with Crippen LogP contribution in [0.15, 0.2) is 69.6 Å². The third-order valence-electron chi connectivity index (χ3n) is 5.43. The molecule has 1 aliphatic heterocycles. The Morgan fingerprint density at radius 3 is 2.61 bits per heavy atom. The summed E-state index contributed by atoms with van der Waals surface area (Å²) in [6, 6.07) is 9.45. The molecule has 1 aromatic heterocycles. The standard InChI is InChI=1S/C22H19BrN4O4/c1-12-19(22(29)26-18-10-7-14(23)11-24-18)20(13-5-8-15(9-6-13)27(30)31)21-16(25-12)3-2-4-17(21)28/h5-11,20,25H,2-4H2,1H3,(H,24,26,29)/t20-/m0/s1. The Morgan fingerprint density at radius 2 is 1.97 bits per heavy atom. The van der Waals surface area contributed by atoms with Gasteiger partial charge >= 0.3 is 0 Å². The molecule has 0 radical (unpaired) electrons. The van der Waals surface area contributed by atoms with Crippen molar-refractivity contribution in [1.29, 1.82) is 0 Å². The molecule has 1 amide bonds. The fourth-order valence-corrected chi connectivity index (χ4v) is 4.27. The highest BCUT2D eigenvalue weighted by molar-refractivity contribution is 9.10. The van der Waals surface area contributed by atoms with Crippen LogP contribution in [0, 0.1) is 10.1 Å². The van der Waals surface area contributed by atoms with Gasteiger partial charge < -0.3 is 10.6 Å². The van der Waals surface area contributed by atoms with Crippen molar-refractivity contribution in [2.24, 2.45) is 0 Å². The summed E-state index contributed by atoms with van der Waals surface area (Å²) in [7, 11) is 0. The Balaban J connectivity index is 1.77. The largest absolute Gasteiger partial charge is 0.362 e. The van der Waals surface area contributed by atoms with Gasteiger partial charge in [0, 0.05) is 57.7 Å². The monoisotopic (exact) mass is 482 g/mol. The first-order valence-corrected chi connectivity index (χ1v) is 10.6. The van der Waals surface area contributed by atoms with Crippen LogP contribution in [-0.4, -0.2) is 21.6 Å². The molecule has 1 atom stereocenters. The van der Waals surface area contributed by atoms with Crippen LogP contribution in [0.25, 0.3) is 0 Å². The molecule has 0 bridgehead atoms. The molecule has 1 aromatic carbocycles. The second-order valence-corrected chi connectivity index (χ2v) is 8.35. The molecule has 9 heteroatoms. The van der Waals surface area contributed by atoms with E-state index < -0.39 is 10.8 Å². The van der Waals surface area contributed by atoms with Crippen LogP contribution in [0.4, 0.5) is 11.5 Å². The zero-order valence-corrected chi connectivity index (χ0v) is 18.2. The topological polar surface area (TPSA) is 114 Å². The molecule has 2 N–H and O–H groups in total. The van der Waals surface area contributed by atoms with E-state index in [0.717, 1.165) is 16.6 Å². The van der Waals surface area contributed by atoms with Crippen LogP contribution >= 0.6 is 15.9 Å². The lowest BCUT2D eigenvalue weighted by Crippen LogP contribution is -2.35. The maximum Gasteiger partial charge on any atom is 0.269 e. The van der Waals surface area contributed by atoms with E-state index in [1.807, 2.05) is 0 Å². The molecule has 0 fully saturated rings. The minimum atomic E-state index is -0.611. The molecule has 0 saturated carbocycles. The lowest BCUT2D eigenvalue weighted by Gasteiger charge is -2.34. The number of hydrogen-bond acceptors (Lipinski definition) is 6. The van der Waals surface area contributed by atoms with E-state index >= 15 is 0 Å².